The van der Waals surface area contributed by atoms with Gasteiger partial charge in [-0.3, -0.25) is 4.40 Å². The Labute approximate surface area is 136 Å². The molecule has 3 aromatic rings. The molecule has 124 valence electrons. The second kappa shape index (κ2) is 5.74. The number of rotatable bonds is 2. The van der Waals surface area contributed by atoms with Crippen LogP contribution in [0.2, 0.25) is 0 Å². The van der Waals surface area contributed by atoms with Gasteiger partial charge in [0, 0.05) is 6.20 Å². The Bertz CT molecular complexity index is 919. The number of aryl methyl sites for hydroxylation is 3. The summed E-state index contributed by atoms with van der Waals surface area (Å²) in [6, 6.07) is 8.05. The molecule has 0 atom stereocenters. The van der Waals surface area contributed by atoms with Gasteiger partial charge in [0.05, 0.1) is 16.9 Å². The molecule has 0 amide bonds. The highest BCUT2D eigenvalue weighted by Gasteiger charge is 2.31. The van der Waals surface area contributed by atoms with E-state index in [1.54, 1.807) is 6.92 Å². The van der Waals surface area contributed by atoms with E-state index in [-0.39, 0.29) is 5.82 Å². The van der Waals surface area contributed by atoms with Crippen molar-refractivity contribution in [2.45, 2.75) is 26.9 Å². The smallest absolute Gasteiger partial charge is 0.282 e. The summed E-state index contributed by atoms with van der Waals surface area (Å²) in [6.07, 6.45) is -3.43. The molecule has 0 aliphatic heterocycles. The second-order valence-electron chi connectivity index (χ2n) is 5.71. The lowest BCUT2D eigenvalue weighted by Crippen LogP contribution is -2.06. The Morgan fingerprint density at radius 3 is 2.25 bits per heavy atom. The van der Waals surface area contributed by atoms with Gasteiger partial charge in [-0.15, -0.1) is 10.2 Å². The highest BCUT2D eigenvalue weighted by Crippen LogP contribution is 2.31. The van der Waals surface area contributed by atoms with Gasteiger partial charge in [-0.25, -0.2) is 4.98 Å². The molecule has 0 spiro atoms. The minimum absolute atomic E-state index is 0.287. The second-order valence-corrected chi connectivity index (χ2v) is 5.71. The Balaban J connectivity index is 2.08. The molecule has 0 fully saturated rings. The Morgan fingerprint density at radius 1 is 0.958 bits per heavy atom. The number of halogens is 3. The van der Waals surface area contributed by atoms with Crippen molar-refractivity contribution in [3.63, 3.8) is 0 Å². The van der Waals surface area contributed by atoms with Gasteiger partial charge in [0.15, 0.2) is 5.82 Å². The molecule has 0 bridgehead atoms. The molecule has 0 N–H and O–H groups in total. The van der Waals surface area contributed by atoms with Crippen LogP contribution in [0.3, 0.4) is 0 Å². The molecule has 2 aromatic heterocycles. The van der Waals surface area contributed by atoms with Crippen LogP contribution in [-0.2, 0) is 6.18 Å². The normalized spacial score (nSPS) is 12.4. The summed E-state index contributed by atoms with van der Waals surface area (Å²) in [7, 11) is 0. The maximum absolute atomic E-state index is 12.9. The van der Waals surface area contributed by atoms with Crippen LogP contribution < -0.4 is 0 Å². The topological polar surface area (TPSA) is 42.0 Å². The number of hydrogen-bond donors (Lipinski definition) is 0. The van der Waals surface area contributed by atoms with E-state index >= 15 is 0 Å². The van der Waals surface area contributed by atoms with E-state index in [0.717, 1.165) is 23.4 Å². The number of hydrogen-bond acceptors (Lipinski definition) is 3. The third kappa shape index (κ3) is 3.15. The van der Waals surface area contributed by atoms with E-state index in [1.807, 2.05) is 32.0 Å². The van der Waals surface area contributed by atoms with Crippen molar-refractivity contribution < 1.29 is 13.2 Å². The zero-order valence-corrected chi connectivity index (χ0v) is 13.4. The number of azo groups is 1. The van der Waals surface area contributed by atoms with Crippen LogP contribution in [0.15, 0.2) is 46.8 Å². The maximum atomic E-state index is 12.9. The number of pyridine rings is 1. The first kappa shape index (κ1) is 16.2. The fraction of sp³-hybridized carbons (Fsp3) is 0.235. The van der Waals surface area contributed by atoms with Gasteiger partial charge < -0.3 is 0 Å². The molecule has 4 nitrogen and oxygen atoms in total. The summed E-state index contributed by atoms with van der Waals surface area (Å²) in [5, 5.41) is 8.28. The van der Waals surface area contributed by atoms with Crippen LogP contribution in [-0.4, -0.2) is 9.38 Å². The molecule has 1 aromatic carbocycles. The van der Waals surface area contributed by atoms with Gasteiger partial charge in [0.2, 0.25) is 0 Å². The van der Waals surface area contributed by atoms with Crippen LogP contribution in [0, 0.1) is 20.8 Å². The van der Waals surface area contributed by atoms with E-state index in [4.69, 9.17) is 0 Å². The van der Waals surface area contributed by atoms with Gasteiger partial charge in [-0.1, -0.05) is 6.07 Å². The molecule has 0 saturated carbocycles. The molecule has 0 aliphatic carbocycles. The standard InChI is InChI=1S/C17H15F3N4/c1-10-6-11(2)8-14(7-10)22-23-16-12(3)21-15-5-4-13(9-24(15)16)17(18,19)20/h4-9H,1-3H3. The molecule has 0 radical (unpaired) electrons. The molecule has 2 heterocycles. The minimum Gasteiger partial charge on any atom is -0.282 e. The zero-order valence-electron chi connectivity index (χ0n) is 13.4. The van der Waals surface area contributed by atoms with Crippen molar-refractivity contribution >= 4 is 17.2 Å². The van der Waals surface area contributed by atoms with Crippen LogP contribution in [0.4, 0.5) is 24.7 Å². The van der Waals surface area contributed by atoms with E-state index in [1.165, 1.54) is 10.5 Å². The number of imidazole rings is 1. The van der Waals surface area contributed by atoms with Crippen molar-refractivity contribution in [3.05, 3.63) is 58.9 Å². The van der Waals surface area contributed by atoms with Crippen molar-refractivity contribution in [2.75, 3.05) is 0 Å². The fourth-order valence-corrected chi connectivity index (χ4v) is 2.55. The molecule has 7 heteroatoms. The fourth-order valence-electron chi connectivity index (χ4n) is 2.55. The quantitative estimate of drug-likeness (QED) is 0.556. The highest BCUT2D eigenvalue weighted by atomic mass is 19.4. The minimum atomic E-state index is -4.42. The Kier molecular flexibility index (Phi) is 3.87. The van der Waals surface area contributed by atoms with Gasteiger partial charge >= 0.3 is 6.18 Å². The van der Waals surface area contributed by atoms with E-state index < -0.39 is 11.7 Å². The number of aromatic nitrogens is 2. The summed E-state index contributed by atoms with van der Waals surface area (Å²) in [6.45, 7) is 5.58. The summed E-state index contributed by atoms with van der Waals surface area (Å²) >= 11 is 0. The van der Waals surface area contributed by atoms with Crippen LogP contribution >= 0.6 is 0 Å². The first-order chi connectivity index (χ1) is 11.2. The third-order valence-electron chi connectivity index (χ3n) is 3.55. The molecular weight excluding hydrogens is 317 g/mol. The van der Waals surface area contributed by atoms with Crippen LogP contribution in [0.5, 0.6) is 0 Å². The first-order valence-electron chi connectivity index (χ1n) is 7.30. The van der Waals surface area contributed by atoms with Crippen LogP contribution in [0.25, 0.3) is 5.65 Å². The van der Waals surface area contributed by atoms with E-state index in [2.05, 4.69) is 15.2 Å². The molecule has 0 aliphatic rings. The van der Waals surface area contributed by atoms with Gasteiger partial charge in [-0.05, 0) is 56.2 Å². The van der Waals surface area contributed by atoms with E-state index in [9.17, 15) is 13.2 Å². The van der Waals surface area contributed by atoms with Gasteiger partial charge in [0.25, 0.3) is 0 Å². The van der Waals surface area contributed by atoms with Crippen molar-refractivity contribution in [1.82, 2.24) is 9.38 Å². The van der Waals surface area contributed by atoms with E-state index in [0.29, 0.717) is 17.0 Å². The molecule has 24 heavy (non-hydrogen) atoms. The molecule has 3 rings (SSSR count). The summed E-state index contributed by atoms with van der Waals surface area (Å²) in [4.78, 5) is 4.23. The SMILES string of the molecule is Cc1cc(C)cc(N=Nc2c(C)nc3ccc(C(F)(F)F)cn23)c1. The average molecular weight is 332 g/mol. The molecule has 0 unspecified atom stereocenters. The zero-order chi connectivity index (χ0) is 17.5. The van der Waals surface area contributed by atoms with Crippen molar-refractivity contribution in [2.24, 2.45) is 10.2 Å². The monoisotopic (exact) mass is 332 g/mol. The van der Waals surface area contributed by atoms with Crippen LogP contribution in [0.1, 0.15) is 22.4 Å². The predicted molar refractivity (Wildman–Crippen MR) is 85.0 cm³/mol. The first-order valence-corrected chi connectivity index (χ1v) is 7.30. The lowest BCUT2D eigenvalue weighted by atomic mass is 10.1. The highest BCUT2D eigenvalue weighted by molar-refractivity contribution is 5.53. The Hall–Kier alpha value is -2.70. The van der Waals surface area contributed by atoms with Gasteiger partial charge in [0.1, 0.15) is 5.65 Å². The third-order valence-corrected chi connectivity index (χ3v) is 3.55. The summed E-state index contributed by atoms with van der Waals surface area (Å²) in [5.74, 6) is 0.287. The van der Waals surface area contributed by atoms with Crippen molar-refractivity contribution in [1.29, 1.82) is 0 Å². The van der Waals surface area contributed by atoms with Crippen molar-refractivity contribution in [3.8, 4) is 0 Å². The number of nitrogens with zero attached hydrogens (tertiary/aromatic N) is 4. The maximum Gasteiger partial charge on any atom is 0.417 e. The van der Waals surface area contributed by atoms with Gasteiger partial charge in [-0.2, -0.15) is 13.2 Å². The summed E-state index contributed by atoms with van der Waals surface area (Å²) in [5.41, 5.74) is 2.89. The average Bonchev–Trinajstić information content (AvgIpc) is 2.77. The number of alkyl halides is 3. The predicted octanol–water partition coefficient (Wildman–Crippen LogP) is 5.69. The lowest BCUT2D eigenvalue weighted by Gasteiger charge is -2.07. The molecule has 0 saturated heterocycles. The largest absolute Gasteiger partial charge is 0.417 e. The molecular formula is C17H15F3N4. The lowest BCUT2D eigenvalue weighted by molar-refractivity contribution is -0.137. The number of benzene rings is 1. The Morgan fingerprint density at radius 2 is 1.62 bits per heavy atom. The number of fused-ring (bicyclic) bond motifs is 1. The summed E-state index contributed by atoms with van der Waals surface area (Å²) < 4.78 is 40.0.